The normalized spacial score (nSPS) is 10.9. The lowest BCUT2D eigenvalue weighted by atomic mass is 10.2. The van der Waals surface area contributed by atoms with Crippen molar-refractivity contribution in [2.75, 3.05) is 7.11 Å². The number of amides is 1. The van der Waals surface area contributed by atoms with Crippen LogP contribution < -0.4 is 10.2 Å². The van der Waals surface area contributed by atoms with E-state index in [4.69, 9.17) is 4.74 Å². The number of nitrogens with zero attached hydrogens (tertiary/aromatic N) is 2. The van der Waals surface area contributed by atoms with Gasteiger partial charge in [0.15, 0.2) is 0 Å². The van der Waals surface area contributed by atoms with Crippen LogP contribution >= 0.6 is 11.3 Å². The van der Waals surface area contributed by atoms with Crippen LogP contribution in [0.1, 0.15) is 15.2 Å². The van der Waals surface area contributed by atoms with Crippen molar-refractivity contribution < 1.29 is 14.5 Å². The van der Waals surface area contributed by atoms with Crippen molar-refractivity contribution in [1.82, 2.24) is 5.43 Å². The highest BCUT2D eigenvalue weighted by Gasteiger charge is 2.13. The van der Waals surface area contributed by atoms with Crippen molar-refractivity contribution in [3.63, 3.8) is 0 Å². The number of carbonyl (C=O) groups is 1. The van der Waals surface area contributed by atoms with E-state index in [1.54, 1.807) is 25.3 Å². The average molecular weight is 355 g/mol. The number of methoxy groups -OCH3 is 1. The Morgan fingerprint density at radius 1 is 1.28 bits per heavy atom. The monoisotopic (exact) mass is 355 g/mol. The summed E-state index contributed by atoms with van der Waals surface area (Å²) in [6.45, 7) is 0. The van der Waals surface area contributed by atoms with Gasteiger partial charge in [0.25, 0.3) is 11.6 Å². The van der Waals surface area contributed by atoms with Crippen LogP contribution in [0.25, 0.3) is 10.1 Å². The van der Waals surface area contributed by atoms with E-state index in [-0.39, 0.29) is 11.6 Å². The molecule has 1 heterocycles. The summed E-state index contributed by atoms with van der Waals surface area (Å²) in [5.41, 5.74) is 3.17. The highest BCUT2D eigenvalue weighted by Crippen LogP contribution is 2.28. The number of thiophene rings is 1. The van der Waals surface area contributed by atoms with E-state index in [9.17, 15) is 14.9 Å². The summed E-state index contributed by atoms with van der Waals surface area (Å²) in [6, 6.07) is 13.4. The number of rotatable bonds is 5. The van der Waals surface area contributed by atoms with Crippen LogP contribution in [0, 0.1) is 10.1 Å². The van der Waals surface area contributed by atoms with Crippen LogP contribution in [0.4, 0.5) is 5.69 Å². The lowest BCUT2D eigenvalue weighted by molar-refractivity contribution is -0.384. The molecule has 0 aliphatic heterocycles. The number of nitrogens with one attached hydrogen (secondary N) is 1. The first-order valence-electron chi connectivity index (χ1n) is 7.23. The molecule has 2 aromatic carbocycles. The van der Waals surface area contributed by atoms with Gasteiger partial charge < -0.3 is 4.74 Å². The zero-order valence-corrected chi connectivity index (χ0v) is 13.9. The van der Waals surface area contributed by atoms with Crippen LogP contribution in [-0.2, 0) is 0 Å². The smallest absolute Gasteiger partial charge is 0.281 e. The highest BCUT2D eigenvalue weighted by molar-refractivity contribution is 7.20. The molecule has 0 aliphatic rings. The molecule has 7 nitrogen and oxygen atoms in total. The number of fused-ring (bicyclic) bond motifs is 1. The van der Waals surface area contributed by atoms with Crippen LogP contribution in [0.2, 0.25) is 0 Å². The van der Waals surface area contributed by atoms with E-state index in [2.05, 4.69) is 10.5 Å². The zero-order chi connectivity index (χ0) is 17.8. The predicted molar refractivity (Wildman–Crippen MR) is 96.5 cm³/mol. The fourth-order valence-corrected chi connectivity index (χ4v) is 3.18. The molecule has 0 saturated carbocycles. The minimum atomic E-state index is -0.464. The Morgan fingerprint density at radius 2 is 2.08 bits per heavy atom. The third-order valence-electron chi connectivity index (χ3n) is 3.44. The van der Waals surface area contributed by atoms with Gasteiger partial charge in [0.2, 0.25) is 0 Å². The molecule has 0 radical (unpaired) electrons. The molecule has 0 unspecified atom stereocenters. The number of nitro benzene ring substituents is 1. The van der Waals surface area contributed by atoms with E-state index in [1.807, 2.05) is 18.2 Å². The first-order valence-corrected chi connectivity index (χ1v) is 8.04. The largest absolute Gasteiger partial charge is 0.496 e. The zero-order valence-electron chi connectivity index (χ0n) is 13.1. The quantitative estimate of drug-likeness (QED) is 0.430. The molecule has 1 N–H and O–H groups in total. The van der Waals surface area contributed by atoms with Crippen molar-refractivity contribution in [1.29, 1.82) is 0 Å². The second kappa shape index (κ2) is 7.10. The van der Waals surface area contributed by atoms with Crippen molar-refractivity contribution in [3.05, 3.63) is 69.1 Å². The molecule has 8 heteroatoms. The summed E-state index contributed by atoms with van der Waals surface area (Å²) in [4.78, 5) is 23.0. The fraction of sp³-hybridized carbons (Fsp3) is 0.0588. The molecule has 0 aliphatic carbocycles. The molecule has 25 heavy (non-hydrogen) atoms. The molecular weight excluding hydrogens is 342 g/mol. The molecule has 3 rings (SSSR count). The molecule has 0 spiro atoms. The Kier molecular flexibility index (Phi) is 4.71. The van der Waals surface area contributed by atoms with Gasteiger partial charge in [0.05, 0.1) is 23.1 Å². The molecule has 126 valence electrons. The molecule has 0 atom stereocenters. The molecule has 3 aromatic rings. The highest BCUT2D eigenvalue weighted by atomic mass is 32.1. The van der Waals surface area contributed by atoms with Crippen molar-refractivity contribution in [2.24, 2.45) is 5.10 Å². The third kappa shape index (κ3) is 3.64. The van der Waals surface area contributed by atoms with Crippen molar-refractivity contribution in [3.8, 4) is 5.75 Å². The number of hydrogen-bond donors (Lipinski definition) is 1. The number of carbonyl (C=O) groups excluding carboxylic acids is 1. The number of nitro groups is 1. The van der Waals surface area contributed by atoms with E-state index in [0.29, 0.717) is 16.0 Å². The maximum atomic E-state index is 12.2. The fourth-order valence-electron chi connectivity index (χ4n) is 2.24. The van der Waals surface area contributed by atoms with Gasteiger partial charge in [0, 0.05) is 27.8 Å². The summed E-state index contributed by atoms with van der Waals surface area (Å²) in [7, 11) is 1.56. The van der Waals surface area contributed by atoms with Gasteiger partial charge in [-0.1, -0.05) is 12.1 Å². The second-order valence-electron chi connectivity index (χ2n) is 5.03. The Hall–Kier alpha value is -3.26. The minimum absolute atomic E-state index is 0.00792. The van der Waals surface area contributed by atoms with E-state index >= 15 is 0 Å². The van der Waals surface area contributed by atoms with Gasteiger partial charge in [-0.15, -0.1) is 11.3 Å². The van der Waals surface area contributed by atoms with Gasteiger partial charge in [-0.25, -0.2) is 5.43 Å². The molecule has 0 bridgehead atoms. The van der Waals surface area contributed by atoms with E-state index in [0.717, 1.165) is 10.3 Å². The number of hydrazone groups is 1. The van der Waals surface area contributed by atoms with Crippen molar-refractivity contribution in [2.45, 2.75) is 0 Å². The lowest BCUT2D eigenvalue weighted by Crippen LogP contribution is -2.16. The van der Waals surface area contributed by atoms with E-state index < -0.39 is 4.92 Å². The third-order valence-corrected chi connectivity index (χ3v) is 4.56. The Balaban J connectivity index is 1.76. The van der Waals surface area contributed by atoms with Gasteiger partial charge in [0.1, 0.15) is 5.75 Å². The molecule has 1 aromatic heterocycles. The molecular formula is C17H13N3O4S. The number of benzene rings is 2. The number of non-ortho nitro benzene ring substituents is 1. The van der Waals surface area contributed by atoms with E-state index in [1.165, 1.54) is 29.7 Å². The van der Waals surface area contributed by atoms with Gasteiger partial charge in [-0.2, -0.15) is 5.10 Å². The maximum Gasteiger partial charge on any atom is 0.281 e. The Morgan fingerprint density at radius 3 is 2.84 bits per heavy atom. The molecule has 0 saturated heterocycles. The van der Waals surface area contributed by atoms with Crippen molar-refractivity contribution >= 4 is 39.2 Å². The van der Waals surface area contributed by atoms with Crippen LogP contribution in [0.3, 0.4) is 0 Å². The summed E-state index contributed by atoms with van der Waals surface area (Å²) in [5, 5.41) is 15.4. The summed E-state index contributed by atoms with van der Waals surface area (Å²) in [5.74, 6) is 0.268. The van der Waals surface area contributed by atoms with Crippen LogP contribution in [0.5, 0.6) is 5.75 Å². The average Bonchev–Trinajstić information content (AvgIpc) is 3.05. The SMILES string of the molecule is COc1ccccc1C=NNC(=O)c1cc2cc([N+](=O)[O-])ccc2s1. The predicted octanol–water partition coefficient (Wildman–Crippen LogP) is 3.58. The molecule has 0 fully saturated rings. The lowest BCUT2D eigenvalue weighted by Gasteiger charge is -2.02. The minimum Gasteiger partial charge on any atom is -0.496 e. The first kappa shape index (κ1) is 16.6. The van der Waals surface area contributed by atoms with Gasteiger partial charge in [-0.05, 0) is 24.3 Å². The number of para-hydroxylation sites is 1. The second-order valence-corrected chi connectivity index (χ2v) is 6.11. The summed E-state index contributed by atoms with van der Waals surface area (Å²) in [6.07, 6.45) is 1.49. The number of ether oxygens (including phenoxy) is 1. The Labute approximate surface area is 146 Å². The standard InChI is InChI=1S/C17H13N3O4S/c1-24-14-5-3-2-4-11(14)10-18-19-17(21)16-9-12-8-13(20(22)23)6-7-15(12)25-16/h2-10H,1H3,(H,19,21). The van der Waals surface area contributed by atoms with Gasteiger partial charge in [-0.3, -0.25) is 14.9 Å². The number of hydrogen-bond acceptors (Lipinski definition) is 6. The maximum absolute atomic E-state index is 12.2. The van der Waals surface area contributed by atoms with Gasteiger partial charge >= 0.3 is 0 Å². The topological polar surface area (TPSA) is 93.8 Å². The molecule has 1 amide bonds. The Bertz CT molecular complexity index is 981. The summed E-state index contributed by atoms with van der Waals surface area (Å²) >= 11 is 1.25. The summed E-state index contributed by atoms with van der Waals surface area (Å²) < 4.78 is 6.00. The first-order chi connectivity index (χ1) is 12.1. The van der Waals surface area contributed by atoms with Crippen LogP contribution in [-0.4, -0.2) is 24.2 Å². The van der Waals surface area contributed by atoms with Crippen LogP contribution in [0.15, 0.2) is 53.6 Å².